The van der Waals surface area contributed by atoms with Gasteiger partial charge in [-0.3, -0.25) is 0 Å². The highest BCUT2D eigenvalue weighted by atomic mass is 16.5. The summed E-state index contributed by atoms with van der Waals surface area (Å²) in [5.41, 5.74) is 10.7. The number of ether oxygens (including phenoxy) is 2. The summed E-state index contributed by atoms with van der Waals surface area (Å²) in [5, 5.41) is 19.1. The molecule has 0 atom stereocenters. The number of hydrogen-bond acceptors (Lipinski definition) is 7. The van der Waals surface area contributed by atoms with Gasteiger partial charge in [0.05, 0.1) is 31.9 Å². The van der Waals surface area contributed by atoms with E-state index in [2.05, 4.69) is 19.5 Å². The van der Waals surface area contributed by atoms with Crippen LogP contribution < -0.4 is 5.73 Å². The van der Waals surface area contributed by atoms with Crippen LogP contribution in [-0.2, 0) is 9.47 Å². The van der Waals surface area contributed by atoms with Crippen molar-refractivity contribution in [2.24, 2.45) is 10.9 Å². The van der Waals surface area contributed by atoms with Crippen molar-refractivity contribution in [2.45, 2.75) is 34.6 Å². The zero-order chi connectivity index (χ0) is 25.7. The lowest BCUT2D eigenvalue weighted by atomic mass is 9.99. The average Bonchev–Trinajstić information content (AvgIpc) is 2.78. The first-order chi connectivity index (χ1) is 15.5. The van der Waals surface area contributed by atoms with Gasteiger partial charge in [-0.1, -0.05) is 17.3 Å². The van der Waals surface area contributed by atoms with Gasteiger partial charge in [-0.05, 0) is 69.0 Å². The van der Waals surface area contributed by atoms with Crippen molar-refractivity contribution < 1.29 is 29.4 Å². The van der Waals surface area contributed by atoms with Crippen LogP contribution in [0.2, 0.25) is 0 Å². The number of carbonyl (C=O) groups excluding carboxylic acids is 2. The molecule has 2 aromatic rings. The Morgan fingerprint density at radius 3 is 1.70 bits per heavy atom. The molecule has 0 aliphatic heterocycles. The van der Waals surface area contributed by atoms with Crippen molar-refractivity contribution in [2.75, 3.05) is 20.8 Å². The van der Waals surface area contributed by atoms with Crippen molar-refractivity contribution in [3.63, 3.8) is 0 Å². The number of carbonyl (C=O) groups is 2. The Morgan fingerprint density at radius 1 is 0.909 bits per heavy atom. The number of aliphatic hydroxyl groups is 1. The van der Waals surface area contributed by atoms with Gasteiger partial charge >= 0.3 is 11.9 Å². The Hall–Kier alpha value is -3.90. The Balaban J connectivity index is 0.000000558. The lowest BCUT2D eigenvalue weighted by Gasteiger charge is -2.09. The number of hydrogen-bond donors (Lipinski definition) is 3. The molecular formula is C24H31N3O6. The molecule has 33 heavy (non-hydrogen) atoms. The lowest BCUT2D eigenvalue weighted by molar-refractivity contribution is 0.0591. The monoisotopic (exact) mass is 457 g/mol. The fourth-order valence-electron chi connectivity index (χ4n) is 2.80. The molecule has 178 valence electrons. The number of esters is 2. The third-order valence-electron chi connectivity index (χ3n) is 4.43. The highest BCUT2D eigenvalue weighted by Crippen LogP contribution is 2.23. The molecule has 0 amide bonds. The van der Waals surface area contributed by atoms with Crippen LogP contribution in [0, 0.1) is 34.3 Å². The van der Waals surface area contributed by atoms with E-state index in [0.717, 1.165) is 22.3 Å². The Kier molecular flexibility index (Phi) is 12.5. The number of aliphatic hydroxyl groups excluding tert-OH is 1. The van der Waals surface area contributed by atoms with Crippen LogP contribution in [0.5, 0.6) is 0 Å². The Bertz CT molecular complexity index is 1060. The molecule has 0 heterocycles. The van der Waals surface area contributed by atoms with E-state index < -0.39 is 11.9 Å². The van der Waals surface area contributed by atoms with Gasteiger partial charge in [-0.2, -0.15) is 0 Å². The van der Waals surface area contributed by atoms with Gasteiger partial charge < -0.3 is 25.5 Å². The van der Waals surface area contributed by atoms with Crippen LogP contribution in [0.4, 0.5) is 5.69 Å². The summed E-state index contributed by atoms with van der Waals surface area (Å²) in [6.45, 7) is 16.1. The summed E-state index contributed by atoms with van der Waals surface area (Å²) in [4.78, 5) is 26.1. The van der Waals surface area contributed by atoms with Gasteiger partial charge in [-0.25, -0.2) is 14.4 Å². The quantitative estimate of drug-likeness (QED) is 0.159. The molecule has 0 saturated heterocycles. The van der Waals surface area contributed by atoms with Gasteiger partial charge in [0.2, 0.25) is 0 Å². The summed E-state index contributed by atoms with van der Waals surface area (Å²) in [6.07, 6.45) is 0. The Morgan fingerprint density at radius 2 is 1.30 bits per heavy atom. The number of aryl methyl sites for hydroxylation is 4. The minimum Gasteiger partial charge on any atom is -0.465 e. The summed E-state index contributed by atoms with van der Waals surface area (Å²) in [5.74, 6) is -0.862. The van der Waals surface area contributed by atoms with Crippen molar-refractivity contribution in [1.29, 1.82) is 0 Å². The Labute approximate surface area is 194 Å². The van der Waals surface area contributed by atoms with E-state index in [9.17, 15) is 9.59 Å². The summed E-state index contributed by atoms with van der Waals surface area (Å²) >= 11 is 0. The number of benzene rings is 2. The third-order valence-corrected chi connectivity index (χ3v) is 4.43. The van der Waals surface area contributed by atoms with Gasteiger partial charge in [0.15, 0.2) is 11.5 Å². The number of oxime groups is 1. The molecule has 0 bridgehead atoms. The van der Waals surface area contributed by atoms with Gasteiger partial charge in [0.25, 0.3) is 0 Å². The molecule has 0 aromatic heterocycles. The predicted molar refractivity (Wildman–Crippen MR) is 126 cm³/mol. The predicted octanol–water partition coefficient (Wildman–Crippen LogP) is 3.82. The molecule has 0 radical (unpaired) electrons. The van der Waals surface area contributed by atoms with Crippen molar-refractivity contribution in [1.82, 2.24) is 0 Å². The molecule has 0 unspecified atom stereocenters. The van der Waals surface area contributed by atoms with E-state index >= 15 is 0 Å². The van der Waals surface area contributed by atoms with Gasteiger partial charge in [0, 0.05) is 12.2 Å². The SMILES string of the molecule is CCO.COC(=O)c1cc(/C(N)=N/O)c(C)cc1C.[C-]#[N+]c1cc(C(=O)OC)c(C)cc1C. The number of amidine groups is 1. The number of nitrogens with two attached hydrogens (primary N) is 1. The van der Waals surface area contributed by atoms with E-state index in [0.29, 0.717) is 22.4 Å². The molecular weight excluding hydrogens is 426 g/mol. The van der Waals surface area contributed by atoms with Crippen LogP contribution in [0.3, 0.4) is 0 Å². The largest absolute Gasteiger partial charge is 0.465 e. The second-order valence-electron chi connectivity index (χ2n) is 6.83. The van der Waals surface area contributed by atoms with Gasteiger partial charge in [-0.15, -0.1) is 0 Å². The minimum absolute atomic E-state index is 0.0253. The van der Waals surface area contributed by atoms with E-state index in [-0.39, 0.29) is 12.4 Å². The molecule has 0 aliphatic carbocycles. The van der Waals surface area contributed by atoms with E-state index in [1.165, 1.54) is 14.2 Å². The third kappa shape index (κ3) is 8.27. The molecule has 0 fully saturated rings. The summed E-state index contributed by atoms with van der Waals surface area (Å²) in [6, 6.07) is 6.74. The van der Waals surface area contributed by atoms with Crippen LogP contribution in [0.25, 0.3) is 4.85 Å². The van der Waals surface area contributed by atoms with Crippen molar-refractivity contribution in [3.8, 4) is 0 Å². The smallest absolute Gasteiger partial charge is 0.338 e. The highest BCUT2D eigenvalue weighted by molar-refractivity contribution is 6.01. The van der Waals surface area contributed by atoms with Crippen LogP contribution >= 0.6 is 0 Å². The van der Waals surface area contributed by atoms with Gasteiger partial charge in [0.1, 0.15) is 0 Å². The normalized spacial score (nSPS) is 9.97. The first-order valence-corrected chi connectivity index (χ1v) is 9.88. The second kappa shape index (κ2) is 14.2. The van der Waals surface area contributed by atoms with Crippen molar-refractivity contribution in [3.05, 3.63) is 74.6 Å². The van der Waals surface area contributed by atoms with Crippen LogP contribution in [-0.4, -0.2) is 48.9 Å². The lowest BCUT2D eigenvalue weighted by Crippen LogP contribution is -2.16. The first-order valence-electron chi connectivity index (χ1n) is 9.88. The fourth-order valence-corrected chi connectivity index (χ4v) is 2.80. The average molecular weight is 458 g/mol. The van der Waals surface area contributed by atoms with E-state index in [1.54, 1.807) is 32.0 Å². The minimum atomic E-state index is -0.440. The summed E-state index contributed by atoms with van der Waals surface area (Å²) in [7, 11) is 2.64. The number of nitrogens with zero attached hydrogens (tertiary/aromatic N) is 2. The molecule has 9 nitrogen and oxygen atoms in total. The molecule has 0 spiro atoms. The maximum absolute atomic E-state index is 11.4. The topological polar surface area (TPSA) is 136 Å². The second-order valence-corrected chi connectivity index (χ2v) is 6.83. The van der Waals surface area contributed by atoms with Crippen molar-refractivity contribution >= 4 is 23.5 Å². The zero-order valence-electron chi connectivity index (χ0n) is 20.0. The number of methoxy groups -OCH3 is 2. The molecule has 9 heteroatoms. The maximum Gasteiger partial charge on any atom is 0.338 e. The molecule has 2 rings (SSSR count). The standard InChI is InChI=1S/C11H14N2O3.C11H11NO2.C2H6O/c1-6-4-7(2)9(11(14)16-3)5-8(6)10(12)13-15;1-7-5-8(2)10(12-3)6-9(7)11(13)14-4;1-2-3/h4-5,15H,1-3H3,(H2,12,13);5-6H,1-2,4H3;3H,2H2,1H3. The molecule has 4 N–H and O–H groups in total. The first kappa shape index (κ1) is 29.1. The molecule has 0 aliphatic rings. The van der Waals surface area contributed by atoms with Crippen LogP contribution in [0.15, 0.2) is 29.4 Å². The van der Waals surface area contributed by atoms with E-state index in [4.69, 9.17) is 22.6 Å². The number of rotatable bonds is 3. The maximum atomic E-state index is 11.4. The highest BCUT2D eigenvalue weighted by Gasteiger charge is 2.14. The zero-order valence-corrected chi connectivity index (χ0v) is 20.0. The summed E-state index contributed by atoms with van der Waals surface area (Å²) < 4.78 is 9.26. The molecule has 2 aromatic carbocycles. The van der Waals surface area contributed by atoms with E-state index in [1.807, 2.05) is 26.8 Å². The van der Waals surface area contributed by atoms with Crippen LogP contribution in [0.1, 0.15) is 55.5 Å². The fraction of sp³-hybridized carbons (Fsp3) is 0.333. The molecule has 0 saturated carbocycles.